The van der Waals surface area contributed by atoms with Gasteiger partial charge in [-0.3, -0.25) is 0 Å². The number of rotatable bonds is 7. The van der Waals surface area contributed by atoms with Crippen molar-refractivity contribution in [2.45, 2.75) is 20.1 Å². The first kappa shape index (κ1) is 14.8. The molecule has 96 valence electrons. The Kier molecular flexibility index (Phi) is 6.89. The molecule has 0 radical (unpaired) electrons. The van der Waals surface area contributed by atoms with Gasteiger partial charge in [0.1, 0.15) is 12.4 Å². The lowest BCUT2D eigenvalue weighted by Crippen LogP contribution is -2.25. The normalized spacial score (nSPS) is 10.9. The summed E-state index contributed by atoms with van der Waals surface area (Å²) in [5.41, 5.74) is 0. The molecule has 0 saturated heterocycles. The van der Waals surface area contributed by atoms with Gasteiger partial charge in [0, 0.05) is 18.2 Å². The third kappa shape index (κ3) is 5.25. The topological polar surface area (TPSA) is 27.7 Å². The quantitative estimate of drug-likeness (QED) is 0.713. The van der Waals surface area contributed by atoms with Crippen molar-refractivity contribution in [1.82, 2.24) is 0 Å². The van der Waals surface area contributed by atoms with E-state index >= 15 is 0 Å². The summed E-state index contributed by atoms with van der Waals surface area (Å²) in [6.45, 7) is 5.35. The van der Waals surface area contributed by atoms with Gasteiger partial charge in [-0.1, -0.05) is 11.6 Å². The van der Waals surface area contributed by atoms with Crippen LogP contribution in [0.5, 0.6) is 5.75 Å². The molecule has 0 amide bonds. The molecule has 0 aromatic heterocycles. The molecule has 1 aromatic carbocycles. The molecule has 1 rings (SSSR count). The maximum absolute atomic E-state index is 5.89. The molecule has 5 heteroatoms. The fraction of sp³-hybridized carbons (Fsp3) is 0.500. The van der Waals surface area contributed by atoms with Gasteiger partial charge in [0.05, 0.1) is 4.47 Å². The summed E-state index contributed by atoms with van der Waals surface area (Å²) >= 11 is 9.28. The summed E-state index contributed by atoms with van der Waals surface area (Å²) in [6.07, 6.45) is -0.351. The SMILES string of the molecule is CCOC(COc1cc(Cl)ccc1Br)OCC. The first-order valence-electron chi connectivity index (χ1n) is 5.48. The lowest BCUT2D eigenvalue weighted by Gasteiger charge is -2.18. The van der Waals surface area contributed by atoms with E-state index in [0.717, 1.165) is 4.47 Å². The van der Waals surface area contributed by atoms with Crippen molar-refractivity contribution in [3.63, 3.8) is 0 Å². The predicted molar refractivity (Wildman–Crippen MR) is 71.7 cm³/mol. The van der Waals surface area contributed by atoms with Crippen LogP contribution in [-0.2, 0) is 9.47 Å². The van der Waals surface area contributed by atoms with Crippen LogP contribution in [0.3, 0.4) is 0 Å². The Labute approximate surface area is 115 Å². The van der Waals surface area contributed by atoms with Crippen LogP contribution in [0.15, 0.2) is 22.7 Å². The van der Waals surface area contributed by atoms with Gasteiger partial charge in [0.25, 0.3) is 0 Å². The molecule has 17 heavy (non-hydrogen) atoms. The van der Waals surface area contributed by atoms with Crippen LogP contribution >= 0.6 is 27.5 Å². The first-order valence-corrected chi connectivity index (χ1v) is 6.65. The maximum atomic E-state index is 5.89. The van der Waals surface area contributed by atoms with Crippen LogP contribution in [0.2, 0.25) is 5.02 Å². The molecule has 0 aliphatic heterocycles. The molecule has 0 aliphatic rings. The summed E-state index contributed by atoms with van der Waals surface area (Å²) in [5.74, 6) is 0.682. The Balaban J connectivity index is 2.55. The number of ether oxygens (including phenoxy) is 3. The molecule has 1 aromatic rings. The van der Waals surface area contributed by atoms with E-state index in [0.29, 0.717) is 30.6 Å². The second kappa shape index (κ2) is 7.93. The molecule has 0 spiro atoms. The molecule has 0 unspecified atom stereocenters. The fourth-order valence-corrected chi connectivity index (χ4v) is 1.78. The van der Waals surface area contributed by atoms with E-state index in [2.05, 4.69) is 15.9 Å². The highest BCUT2D eigenvalue weighted by atomic mass is 79.9. The Hall–Kier alpha value is -0.290. The van der Waals surface area contributed by atoms with Crippen molar-refractivity contribution in [2.75, 3.05) is 19.8 Å². The van der Waals surface area contributed by atoms with Crippen molar-refractivity contribution in [1.29, 1.82) is 0 Å². The highest BCUT2D eigenvalue weighted by molar-refractivity contribution is 9.10. The summed E-state index contributed by atoms with van der Waals surface area (Å²) in [7, 11) is 0. The Bertz CT molecular complexity index is 341. The van der Waals surface area contributed by atoms with Crippen LogP contribution in [0, 0.1) is 0 Å². The minimum absolute atomic E-state index is 0.334. The summed E-state index contributed by atoms with van der Waals surface area (Å²) in [5, 5.41) is 0.632. The van der Waals surface area contributed by atoms with E-state index in [1.54, 1.807) is 12.1 Å². The summed E-state index contributed by atoms with van der Waals surface area (Å²) in [6, 6.07) is 5.38. The third-order valence-electron chi connectivity index (χ3n) is 1.97. The lowest BCUT2D eigenvalue weighted by molar-refractivity contribution is -0.152. The number of halogens is 2. The minimum Gasteiger partial charge on any atom is -0.487 e. The summed E-state index contributed by atoms with van der Waals surface area (Å²) in [4.78, 5) is 0. The molecule has 0 fully saturated rings. The van der Waals surface area contributed by atoms with Crippen molar-refractivity contribution < 1.29 is 14.2 Å². The average molecular weight is 324 g/mol. The third-order valence-corrected chi connectivity index (χ3v) is 2.86. The zero-order valence-electron chi connectivity index (χ0n) is 9.91. The molecular weight excluding hydrogens is 307 g/mol. The highest BCUT2D eigenvalue weighted by Crippen LogP contribution is 2.28. The van der Waals surface area contributed by atoms with Crippen LogP contribution in [-0.4, -0.2) is 26.1 Å². The standard InChI is InChI=1S/C12H16BrClO3/c1-3-15-12(16-4-2)8-17-11-7-9(14)5-6-10(11)13/h5-7,12H,3-4,8H2,1-2H3. The second-order valence-electron chi connectivity index (χ2n) is 3.23. The van der Waals surface area contributed by atoms with Gasteiger partial charge < -0.3 is 14.2 Å². The molecule has 0 atom stereocenters. The number of benzene rings is 1. The Morgan fingerprint density at radius 1 is 1.24 bits per heavy atom. The lowest BCUT2D eigenvalue weighted by atomic mass is 10.3. The minimum atomic E-state index is -0.351. The molecule has 3 nitrogen and oxygen atoms in total. The maximum Gasteiger partial charge on any atom is 0.191 e. The van der Waals surface area contributed by atoms with E-state index in [4.69, 9.17) is 25.8 Å². The van der Waals surface area contributed by atoms with Crippen LogP contribution in [0.25, 0.3) is 0 Å². The second-order valence-corrected chi connectivity index (χ2v) is 4.52. The van der Waals surface area contributed by atoms with Gasteiger partial charge in [-0.05, 0) is 48.0 Å². The van der Waals surface area contributed by atoms with Crippen molar-refractivity contribution in [3.05, 3.63) is 27.7 Å². The molecule has 0 bridgehead atoms. The zero-order chi connectivity index (χ0) is 12.7. The monoisotopic (exact) mass is 322 g/mol. The van der Waals surface area contributed by atoms with Crippen LogP contribution < -0.4 is 4.74 Å². The van der Waals surface area contributed by atoms with Gasteiger partial charge >= 0.3 is 0 Å². The molecule has 0 N–H and O–H groups in total. The van der Waals surface area contributed by atoms with E-state index in [1.165, 1.54) is 0 Å². The van der Waals surface area contributed by atoms with Gasteiger partial charge in [0.2, 0.25) is 0 Å². The van der Waals surface area contributed by atoms with Gasteiger partial charge in [-0.15, -0.1) is 0 Å². The Morgan fingerprint density at radius 3 is 2.47 bits per heavy atom. The first-order chi connectivity index (χ1) is 8.17. The number of hydrogen-bond acceptors (Lipinski definition) is 3. The zero-order valence-corrected chi connectivity index (χ0v) is 12.3. The fourth-order valence-electron chi connectivity index (χ4n) is 1.26. The Morgan fingerprint density at radius 2 is 1.88 bits per heavy atom. The van der Waals surface area contributed by atoms with Gasteiger partial charge in [-0.2, -0.15) is 0 Å². The number of hydrogen-bond donors (Lipinski definition) is 0. The van der Waals surface area contributed by atoms with Gasteiger partial charge in [-0.25, -0.2) is 0 Å². The van der Waals surface area contributed by atoms with E-state index < -0.39 is 0 Å². The van der Waals surface area contributed by atoms with Gasteiger partial charge in [0.15, 0.2) is 6.29 Å². The molecule has 0 saturated carbocycles. The van der Waals surface area contributed by atoms with Crippen molar-refractivity contribution in [2.24, 2.45) is 0 Å². The van der Waals surface area contributed by atoms with Crippen molar-refractivity contribution in [3.8, 4) is 5.75 Å². The van der Waals surface area contributed by atoms with E-state index in [1.807, 2.05) is 19.9 Å². The smallest absolute Gasteiger partial charge is 0.191 e. The molecule has 0 heterocycles. The largest absolute Gasteiger partial charge is 0.487 e. The highest BCUT2D eigenvalue weighted by Gasteiger charge is 2.10. The molecular formula is C12H16BrClO3. The van der Waals surface area contributed by atoms with Crippen LogP contribution in [0.1, 0.15) is 13.8 Å². The van der Waals surface area contributed by atoms with E-state index in [9.17, 15) is 0 Å². The van der Waals surface area contributed by atoms with Crippen molar-refractivity contribution >= 4 is 27.5 Å². The summed E-state index contributed by atoms with van der Waals surface area (Å²) < 4.78 is 17.2. The van der Waals surface area contributed by atoms with Crippen LogP contribution in [0.4, 0.5) is 0 Å². The predicted octanol–water partition coefficient (Wildman–Crippen LogP) is 3.88. The average Bonchev–Trinajstić information content (AvgIpc) is 2.30. The molecule has 0 aliphatic carbocycles. The van der Waals surface area contributed by atoms with E-state index in [-0.39, 0.29) is 6.29 Å².